The molecule has 0 radical (unpaired) electrons. The lowest BCUT2D eigenvalue weighted by Crippen LogP contribution is -2.32. The Balaban J connectivity index is 1.73. The lowest BCUT2D eigenvalue weighted by molar-refractivity contribution is 0.0978. The van der Waals surface area contributed by atoms with Crippen LogP contribution in [0.5, 0.6) is 0 Å². The van der Waals surface area contributed by atoms with Gasteiger partial charge in [-0.3, -0.25) is 14.0 Å². The first-order valence-electron chi connectivity index (χ1n) is 9.80. The molecule has 0 aliphatic rings. The minimum absolute atomic E-state index is 0.200. The second kappa shape index (κ2) is 8.21. The number of nitrogens with one attached hydrogen (secondary N) is 1. The van der Waals surface area contributed by atoms with Gasteiger partial charge in [-0.05, 0) is 55.8 Å². The second-order valence-electron chi connectivity index (χ2n) is 6.95. The summed E-state index contributed by atoms with van der Waals surface area (Å²) >= 11 is 0. The number of hydrogen-bond acceptors (Lipinski definition) is 3. The molecule has 0 spiro atoms. The quantitative estimate of drug-likeness (QED) is 0.536. The minimum Gasteiger partial charge on any atom is -0.321 e. The number of anilines is 2. The summed E-state index contributed by atoms with van der Waals surface area (Å²) in [6.45, 7) is 4.35. The molecule has 150 valence electrons. The molecule has 30 heavy (non-hydrogen) atoms. The number of rotatable bonds is 5. The van der Waals surface area contributed by atoms with Gasteiger partial charge in [-0.1, -0.05) is 36.4 Å². The van der Waals surface area contributed by atoms with E-state index in [0.717, 1.165) is 11.3 Å². The van der Waals surface area contributed by atoms with Gasteiger partial charge in [-0.25, -0.2) is 4.98 Å². The van der Waals surface area contributed by atoms with Crippen LogP contribution in [0.3, 0.4) is 0 Å². The molecule has 6 nitrogen and oxygen atoms in total. The van der Waals surface area contributed by atoms with Crippen LogP contribution in [0.25, 0.3) is 5.52 Å². The van der Waals surface area contributed by atoms with Crippen LogP contribution in [-0.2, 0) is 0 Å². The van der Waals surface area contributed by atoms with Crippen molar-refractivity contribution in [2.45, 2.75) is 13.8 Å². The summed E-state index contributed by atoms with van der Waals surface area (Å²) in [6.07, 6.45) is 1.75. The summed E-state index contributed by atoms with van der Waals surface area (Å²) in [5.41, 5.74) is 3.30. The molecule has 0 saturated heterocycles. The Morgan fingerprint density at radius 3 is 2.50 bits per heavy atom. The highest BCUT2D eigenvalue weighted by Crippen LogP contribution is 2.20. The van der Waals surface area contributed by atoms with Crippen molar-refractivity contribution in [3.8, 4) is 0 Å². The van der Waals surface area contributed by atoms with E-state index >= 15 is 0 Å². The van der Waals surface area contributed by atoms with Crippen molar-refractivity contribution < 1.29 is 9.59 Å². The number of fused-ring (bicyclic) bond motifs is 1. The number of hydrogen-bond donors (Lipinski definition) is 1. The minimum atomic E-state index is -0.355. The number of aryl methyl sites for hydroxylation is 1. The summed E-state index contributed by atoms with van der Waals surface area (Å²) < 4.78 is 1.67. The van der Waals surface area contributed by atoms with Crippen molar-refractivity contribution in [2.75, 3.05) is 16.8 Å². The third-order valence-electron chi connectivity index (χ3n) is 4.86. The maximum absolute atomic E-state index is 13.3. The Kier molecular flexibility index (Phi) is 5.30. The van der Waals surface area contributed by atoms with Gasteiger partial charge in [0.15, 0.2) is 5.69 Å². The zero-order valence-corrected chi connectivity index (χ0v) is 16.9. The molecule has 2 amide bonds. The summed E-state index contributed by atoms with van der Waals surface area (Å²) in [7, 11) is 0. The van der Waals surface area contributed by atoms with E-state index in [4.69, 9.17) is 0 Å². The van der Waals surface area contributed by atoms with Crippen molar-refractivity contribution >= 4 is 28.7 Å². The fraction of sp³-hybridized carbons (Fsp3) is 0.125. The number of carbonyl (C=O) groups is 2. The van der Waals surface area contributed by atoms with Gasteiger partial charge in [-0.15, -0.1) is 0 Å². The Bertz CT molecular complexity index is 1210. The van der Waals surface area contributed by atoms with Gasteiger partial charge in [0.05, 0.1) is 5.52 Å². The smallest absolute Gasteiger partial charge is 0.294 e. The SMILES string of the molecule is CCN(C(=O)c1nc(C(=O)Nc2cccc(C)c2)c2ccccn12)c1ccccc1. The van der Waals surface area contributed by atoms with Crippen molar-refractivity contribution in [1.29, 1.82) is 0 Å². The average Bonchev–Trinajstić information content (AvgIpc) is 3.15. The van der Waals surface area contributed by atoms with Gasteiger partial charge < -0.3 is 10.2 Å². The molecule has 4 rings (SSSR count). The number of para-hydroxylation sites is 1. The molecule has 0 aliphatic carbocycles. The van der Waals surface area contributed by atoms with Crippen LogP contribution in [0, 0.1) is 6.92 Å². The first-order chi connectivity index (χ1) is 14.6. The number of aromatic nitrogens is 2. The molecule has 0 unspecified atom stereocenters. The molecule has 0 atom stereocenters. The maximum atomic E-state index is 13.3. The molecular weight excluding hydrogens is 376 g/mol. The van der Waals surface area contributed by atoms with E-state index in [1.807, 2.05) is 80.6 Å². The fourth-order valence-corrected chi connectivity index (χ4v) is 3.44. The van der Waals surface area contributed by atoms with Crippen LogP contribution in [0.2, 0.25) is 0 Å². The van der Waals surface area contributed by atoms with Gasteiger partial charge in [0.1, 0.15) is 0 Å². The molecule has 2 heterocycles. The normalized spacial score (nSPS) is 10.7. The number of carbonyl (C=O) groups excluding carboxylic acids is 2. The number of amides is 2. The topological polar surface area (TPSA) is 66.7 Å². The average molecular weight is 398 g/mol. The molecule has 2 aromatic carbocycles. The Morgan fingerprint density at radius 1 is 1.00 bits per heavy atom. The fourth-order valence-electron chi connectivity index (χ4n) is 3.44. The van der Waals surface area contributed by atoms with E-state index in [1.54, 1.807) is 21.6 Å². The second-order valence-corrected chi connectivity index (χ2v) is 6.95. The lowest BCUT2D eigenvalue weighted by Gasteiger charge is -2.20. The van der Waals surface area contributed by atoms with Gasteiger partial charge in [-0.2, -0.15) is 0 Å². The highest BCUT2D eigenvalue weighted by molar-refractivity contribution is 6.10. The first-order valence-corrected chi connectivity index (χ1v) is 9.80. The molecule has 0 fully saturated rings. The van der Waals surface area contributed by atoms with Crippen LogP contribution >= 0.6 is 0 Å². The van der Waals surface area contributed by atoms with Crippen molar-refractivity contribution in [2.24, 2.45) is 0 Å². The Labute approximate surface area is 174 Å². The zero-order valence-electron chi connectivity index (χ0n) is 16.9. The van der Waals surface area contributed by atoms with Crippen molar-refractivity contribution in [3.05, 3.63) is 96.1 Å². The third kappa shape index (κ3) is 3.67. The largest absolute Gasteiger partial charge is 0.321 e. The summed E-state index contributed by atoms with van der Waals surface area (Å²) in [4.78, 5) is 32.4. The molecule has 0 bridgehead atoms. The van der Waals surface area contributed by atoms with Crippen LogP contribution in [0.15, 0.2) is 79.0 Å². The maximum Gasteiger partial charge on any atom is 0.294 e. The highest BCUT2D eigenvalue weighted by Gasteiger charge is 2.25. The molecule has 1 N–H and O–H groups in total. The summed E-state index contributed by atoms with van der Waals surface area (Å²) in [5, 5.41) is 2.88. The summed E-state index contributed by atoms with van der Waals surface area (Å²) in [5.74, 6) is -0.420. The predicted octanol–water partition coefficient (Wildman–Crippen LogP) is 4.56. The molecule has 0 aliphatic heterocycles. The molecule has 4 aromatic rings. The standard InChI is InChI=1S/C24H22N4O2/c1-3-27(19-12-5-4-6-13-19)24(30)22-26-21(20-14-7-8-15-28(20)22)23(29)25-18-11-9-10-17(2)16-18/h4-16H,3H2,1-2H3,(H,25,29). The number of imidazole rings is 1. The van der Waals surface area contributed by atoms with Crippen molar-refractivity contribution in [3.63, 3.8) is 0 Å². The number of pyridine rings is 1. The van der Waals surface area contributed by atoms with Gasteiger partial charge >= 0.3 is 0 Å². The first kappa shape index (κ1) is 19.4. The van der Waals surface area contributed by atoms with Crippen LogP contribution in [0.4, 0.5) is 11.4 Å². The van der Waals surface area contributed by atoms with Gasteiger partial charge in [0.25, 0.3) is 11.8 Å². The highest BCUT2D eigenvalue weighted by atomic mass is 16.2. The molecule has 0 saturated carbocycles. The van der Waals surface area contributed by atoms with E-state index in [-0.39, 0.29) is 23.3 Å². The lowest BCUT2D eigenvalue weighted by atomic mass is 10.2. The predicted molar refractivity (Wildman–Crippen MR) is 118 cm³/mol. The summed E-state index contributed by atoms with van der Waals surface area (Å²) in [6, 6.07) is 22.4. The van der Waals surface area contributed by atoms with Gasteiger partial charge in [0, 0.05) is 24.1 Å². The Hall–Kier alpha value is -3.93. The monoisotopic (exact) mass is 398 g/mol. The van der Waals surface area contributed by atoms with Crippen LogP contribution < -0.4 is 10.2 Å². The van der Waals surface area contributed by atoms with Crippen LogP contribution in [0.1, 0.15) is 33.6 Å². The van der Waals surface area contributed by atoms with E-state index in [1.165, 1.54) is 0 Å². The molecule has 6 heteroatoms. The zero-order chi connectivity index (χ0) is 21.1. The van der Waals surface area contributed by atoms with E-state index in [0.29, 0.717) is 17.7 Å². The molecule has 2 aromatic heterocycles. The van der Waals surface area contributed by atoms with E-state index < -0.39 is 0 Å². The number of nitrogens with zero attached hydrogens (tertiary/aromatic N) is 3. The van der Waals surface area contributed by atoms with Crippen LogP contribution in [-0.4, -0.2) is 27.7 Å². The Morgan fingerprint density at radius 2 is 1.77 bits per heavy atom. The molecular formula is C24H22N4O2. The van der Waals surface area contributed by atoms with E-state index in [9.17, 15) is 9.59 Å². The van der Waals surface area contributed by atoms with Crippen molar-refractivity contribution in [1.82, 2.24) is 9.38 Å². The third-order valence-corrected chi connectivity index (χ3v) is 4.86. The van der Waals surface area contributed by atoms with Gasteiger partial charge in [0.2, 0.25) is 5.82 Å². The number of benzene rings is 2. The van der Waals surface area contributed by atoms with E-state index in [2.05, 4.69) is 10.3 Å².